The molecule has 0 saturated heterocycles. The van der Waals surface area contributed by atoms with E-state index < -0.39 is 10.0 Å². The molecule has 0 aliphatic carbocycles. The van der Waals surface area contributed by atoms with Crippen molar-refractivity contribution in [2.24, 2.45) is 0 Å². The predicted molar refractivity (Wildman–Crippen MR) is 83.6 cm³/mol. The predicted octanol–water partition coefficient (Wildman–Crippen LogP) is 3.35. The molecule has 7 heteroatoms. The van der Waals surface area contributed by atoms with Gasteiger partial charge in [-0.05, 0) is 24.3 Å². The van der Waals surface area contributed by atoms with Crippen molar-refractivity contribution in [3.05, 3.63) is 58.6 Å². The van der Waals surface area contributed by atoms with E-state index in [2.05, 4.69) is 4.72 Å². The Bertz CT molecular complexity index is 705. The molecule has 0 aliphatic heterocycles. The number of nitrogens with one attached hydrogen (secondary N) is 1. The van der Waals surface area contributed by atoms with Crippen LogP contribution in [-0.4, -0.2) is 21.6 Å². The van der Waals surface area contributed by atoms with E-state index >= 15 is 0 Å². The Kier molecular flexibility index (Phi) is 5.47. The van der Waals surface area contributed by atoms with Gasteiger partial charge in [0.2, 0.25) is 10.0 Å². The number of rotatable bonds is 6. The fraction of sp³-hybridized carbons (Fsp3) is 0.143. The molecule has 0 saturated carbocycles. The number of para-hydroxylation sites is 1. The van der Waals surface area contributed by atoms with Crippen LogP contribution in [0.15, 0.2) is 53.4 Å². The van der Waals surface area contributed by atoms with Crippen molar-refractivity contribution < 1.29 is 13.2 Å². The lowest BCUT2D eigenvalue weighted by Crippen LogP contribution is -2.28. The molecule has 0 radical (unpaired) electrons. The van der Waals surface area contributed by atoms with Gasteiger partial charge in [-0.3, -0.25) is 0 Å². The van der Waals surface area contributed by atoms with Crippen LogP contribution in [0, 0.1) is 0 Å². The number of sulfonamides is 1. The number of ether oxygens (including phenoxy) is 1. The van der Waals surface area contributed by atoms with Crippen LogP contribution in [0.4, 0.5) is 0 Å². The van der Waals surface area contributed by atoms with E-state index in [1.165, 1.54) is 18.2 Å². The summed E-state index contributed by atoms with van der Waals surface area (Å²) in [6.07, 6.45) is 0. The number of halogens is 2. The van der Waals surface area contributed by atoms with E-state index in [9.17, 15) is 8.42 Å². The molecule has 4 nitrogen and oxygen atoms in total. The molecule has 112 valence electrons. The molecule has 2 rings (SSSR count). The first-order valence-corrected chi connectivity index (χ1v) is 8.36. The summed E-state index contributed by atoms with van der Waals surface area (Å²) in [5.41, 5.74) is 0. The zero-order valence-electron chi connectivity index (χ0n) is 10.9. The topological polar surface area (TPSA) is 55.4 Å². The van der Waals surface area contributed by atoms with E-state index in [4.69, 9.17) is 27.9 Å². The number of hydrogen-bond donors (Lipinski definition) is 1. The Morgan fingerprint density at radius 1 is 1.00 bits per heavy atom. The molecule has 0 unspecified atom stereocenters. The molecule has 0 spiro atoms. The summed E-state index contributed by atoms with van der Waals surface area (Å²) in [4.78, 5) is -0.0450. The van der Waals surface area contributed by atoms with Crippen molar-refractivity contribution in [2.45, 2.75) is 4.90 Å². The van der Waals surface area contributed by atoms with Crippen LogP contribution in [0.5, 0.6) is 5.75 Å². The Morgan fingerprint density at radius 3 is 2.43 bits per heavy atom. The molecule has 0 amide bonds. The maximum Gasteiger partial charge on any atom is 0.242 e. The van der Waals surface area contributed by atoms with Crippen molar-refractivity contribution in [1.29, 1.82) is 0 Å². The molecule has 21 heavy (non-hydrogen) atoms. The molecular weight excluding hydrogens is 333 g/mol. The highest BCUT2D eigenvalue weighted by atomic mass is 35.5. The van der Waals surface area contributed by atoms with Gasteiger partial charge in [0.1, 0.15) is 17.3 Å². The summed E-state index contributed by atoms with van der Waals surface area (Å²) in [6.45, 7) is 0.335. The summed E-state index contributed by atoms with van der Waals surface area (Å²) in [5.74, 6) is 0.678. The lowest BCUT2D eigenvalue weighted by molar-refractivity contribution is 0.323. The Labute approximate surface area is 133 Å². The highest BCUT2D eigenvalue weighted by Gasteiger charge is 2.18. The van der Waals surface area contributed by atoms with E-state index in [1.807, 2.05) is 18.2 Å². The van der Waals surface area contributed by atoms with Crippen LogP contribution in [0.2, 0.25) is 10.0 Å². The fourth-order valence-corrected chi connectivity index (χ4v) is 3.40. The number of benzene rings is 2. The molecule has 0 aromatic heterocycles. The lowest BCUT2D eigenvalue weighted by atomic mass is 10.3. The van der Waals surface area contributed by atoms with Crippen molar-refractivity contribution in [2.75, 3.05) is 13.2 Å². The Balaban J connectivity index is 1.94. The average molecular weight is 346 g/mol. The molecule has 2 aromatic rings. The minimum Gasteiger partial charge on any atom is -0.492 e. The second kappa shape index (κ2) is 7.13. The van der Waals surface area contributed by atoms with Crippen LogP contribution in [0.3, 0.4) is 0 Å². The van der Waals surface area contributed by atoms with Gasteiger partial charge in [0.15, 0.2) is 0 Å². The van der Waals surface area contributed by atoms with Gasteiger partial charge < -0.3 is 4.74 Å². The second-order valence-electron chi connectivity index (χ2n) is 4.11. The molecule has 0 fully saturated rings. The van der Waals surface area contributed by atoms with E-state index in [0.29, 0.717) is 5.75 Å². The molecule has 2 aromatic carbocycles. The third-order valence-corrected chi connectivity index (χ3v) is 5.05. The fourth-order valence-electron chi connectivity index (χ4n) is 1.63. The zero-order valence-corrected chi connectivity index (χ0v) is 13.3. The van der Waals surface area contributed by atoms with Gasteiger partial charge in [0.05, 0.1) is 10.0 Å². The van der Waals surface area contributed by atoms with Crippen LogP contribution in [0.25, 0.3) is 0 Å². The summed E-state index contributed by atoms with van der Waals surface area (Å²) in [6, 6.07) is 13.6. The number of hydrogen-bond acceptors (Lipinski definition) is 3. The van der Waals surface area contributed by atoms with Gasteiger partial charge in [-0.15, -0.1) is 0 Å². The SMILES string of the molecule is O=S(=O)(NCCOc1ccccc1)c1cccc(Cl)c1Cl. The van der Waals surface area contributed by atoms with E-state index in [0.717, 1.165) is 0 Å². The molecular formula is C14H13Cl2NO3S. The van der Waals surface area contributed by atoms with Gasteiger partial charge in [-0.2, -0.15) is 0 Å². The van der Waals surface area contributed by atoms with E-state index in [-0.39, 0.29) is 28.1 Å². The molecule has 0 atom stereocenters. The molecule has 1 N–H and O–H groups in total. The van der Waals surface area contributed by atoms with Crippen LogP contribution < -0.4 is 9.46 Å². The first-order chi connectivity index (χ1) is 10.0. The van der Waals surface area contributed by atoms with Gasteiger partial charge in [0.25, 0.3) is 0 Å². The Morgan fingerprint density at radius 2 is 1.71 bits per heavy atom. The molecule has 0 aliphatic rings. The van der Waals surface area contributed by atoms with Crippen molar-refractivity contribution >= 4 is 33.2 Å². The van der Waals surface area contributed by atoms with Gasteiger partial charge in [0, 0.05) is 6.54 Å². The average Bonchev–Trinajstić information content (AvgIpc) is 2.47. The summed E-state index contributed by atoms with van der Waals surface area (Å²) in [5, 5.41) is 0.204. The summed E-state index contributed by atoms with van der Waals surface area (Å²) < 4.78 is 32.0. The minimum atomic E-state index is -3.71. The van der Waals surface area contributed by atoms with Crippen molar-refractivity contribution in [3.8, 4) is 5.75 Å². The zero-order chi connectivity index (χ0) is 15.3. The quantitative estimate of drug-likeness (QED) is 0.816. The van der Waals surface area contributed by atoms with Crippen LogP contribution in [0.1, 0.15) is 0 Å². The monoisotopic (exact) mass is 345 g/mol. The first-order valence-electron chi connectivity index (χ1n) is 6.12. The maximum absolute atomic E-state index is 12.1. The third kappa shape index (κ3) is 4.35. The minimum absolute atomic E-state index is 0.00986. The summed E-state index contributed by atoms with van der Waals surface area (Å²) >= 11 is 11.7. The highest BCUT2D eigenvalue weighted by Crippen LogP contribution is 2.28. The largest absolute Gasteiger partial charge is 0.492 e. The smallest absolute Gasteiger partial charge is 0.242 e. The van der Waals surface area contributed by atoms with Gasteiger partial charge in [-0.25, -0.2) is 13.1 Å². The van der Waals surface area contributed by atoms with Gasteiger partial charge in [-0.1, -0.05) is 47.5 Å². The maximum atomic E-state index is 12.1. The summed E-state index contributed by atoms with van der Waals surface area (Å²) in [7, 11) is -3.71. The second-order valence-corrected chi connectivity index (χ2v) is 6.63. The normalized spacial score (nSPS) is 11.3. The van der Waals surface area contributed by atoms with Gasteiger partial charge >= 0.3 is 0 Å². The molecule has 0 bridgehead atoms. The first kappa shape index (κ1) is 16.1. The van der Waals surface area contributed by atoms with Crippen molar-refractivity contribution in [1.82, 2.24) is 4.72 Å². The molecule has 0 heterocycles. The van der Waals surface area contributed by atoms with Crippen LogP contribution >= 0.6 is 23.2 Å². The van der Waals surface area contributed by atoms with E-state index in [1.54, 1.807) is 12.1 Å². The lowest BCUT2D eigenvalue weighted by Gasteiger charge is -2.10. The standard InChI is InChI=1S/C14H13Cl2NO3S/c15-12-7-4-8-13(14(12)16)21(18,19)17-9-10-20-11-5-2-1-3-6-11/h1-8,17H,9-10H2. The third-order valence-electron chi connectivity index (χ3n) is 2.61. The highest BCUT2D eigenvalue weighted by molar-refractivity contribution is 7.89. The van der Waals surface area contributed by atoms with Crippen LogP contribution in [-0.2, 0) is 10.0 Å². The van der Waals surface area contributed by atoms with Crippen molar-refractivity contribution in [3.63, 3.8) is 0 Å². The Hall–Kier alpha value is -1.27.